The van der Waals surface area contributed by atoms with Crippen molar-refractivity contribution in [2.75, 3.05) is 7.11 Å². The summed E-state index contributed by atoms with van der Waals surface area (Å²) in [6.45, 7) is 2.95. The maximum absolute atomic E-state index is 5.88. The van der Waals surface area contributed by atoms with E-state index in [1.165, 1.54) is 31.2 Å². The lowest BCUT2D eigenvalue weighted by Crippen LogP contribution is -2.10. The Balaban J connectivity index is 1.54. The molecule has 0 unspecified atom stereocenters. The van der Waals surface area contributed by atoms with Crippen molar-refractivity contribution >= 4 is 0 Å². The van der Waals surface area contributed by atoms with Crippen LogP contribution in [0.3, 0.4) is 0 Å². The minimum Gasteiger partial charge on any atom is -0.497 e. The fourth-order valence-electron chi connectivity index (χ4n) is 3.32. The van der Waals surface area contributed by atoms with Gasteiger partial charge < -0.3 is 9.47 Å². The summed E-state index contributed by atoms with van der Waals surface area (Å²) in [5.41, 5.74) is 2.62. The molecule has 2 aromatic carbocycles. The van der Waals surface area contributed by atoms with E-state index in [9.17, 15) is 0 Å². The van der Waals surface area contributed by atoms with Crippen LogP contribution in [0.2, 0.25) is 0 Å². The number of rotatable bonds is 5. The predicted molar refractivity (Wildman–Crippen MR) is 94.1 cm³/mol. The number of benzene rings is 2. The highest BCUT2D eigenvalue weighted by Gasteiger charge is 2.19. The maximum Gasteiger partial charge on any atom is 0.119 e. The van der Waals surface area contributed by atoms with Gasteiger partial charge in [-0.2, -0.15) is 0 Å². The Kier molecular flexibility index (Phi) is 5.22. The van der Waals surface area contributed by atoms with Crippen molar-refractivity contribution in [2.24, 2.45) is 5.92 Å². The van der Waals surface area contributed by atoms with Gasteiger partial charge in [0.2, 0.25) is 0 Å². The predicted octanol–water partition coefficient (Wildman–Crippen LogP) is 5.57. The molecule has 0 aromatic heterocycles. The molecule has 0 spiro atoms. The molecule has 0 amide bonds. The molecular formula is C21H26O2. The Morgan fingerprint density at radius 3 is 2.04 bits per heavy atom. The van der Waals surface area contributed by atoms with E-state index in [4.69, 9.17) is 9.47 Å². The second kappa shape index (κ2) is 7.54. The van der Waals surface area contributed by atoms with Gasteiger partial charge in [-0.25, -0.2) is 0 Å². The first-order valence-corrected chi connectivity index (χ1v) is 8.60. The Hall–Kier alpha value is -1.96. The monoisotopic (exact) mass is 310 g/mol. The average Bonchev–Trinajstić information content (AvgIpc) is 2.61. The van der Waals surface area contributed by atoms with E-state index in [1.807, 2.05) is 24.3 Å². The van der Waals surface area contributed by atoms with Crippen LogP contribution in [0.4, 0.5) is 0 Å². The van der Waals surface area contributed by atoms with Crippen LogP contribution in [0.5, 0.6) is 11.5 Å². The molecule has 2 nitrogen and oxygen atoms in total. The molecule has 2 heteroatoms. The van der Waals surface area contributed by atoms with Crippen molar-refractivity contribution in [2.45, 2.75) is 45.1 Å². The van der Waals surface area contributed by atoms with E-state index in [1.54, 1.807) is 7.11 Å². The van der Waals surface area contributed by atoms with E-state index in [0.29, 0.717) is 6.61 Å². The van der Waals surface area contributed by atoms with Crippen LogP contribution in [-0.4, -0.2) is 7.11 Å². The van der Waals surface area contributed by atoms with Crippen LogP contribution in [-0.2, 0) is 6.61 Å². The molecule has 1 fully saturated rings. The summed E-state index contributed by atoms with van der Waals surface area (Å²) in [7, 11) is 1.68. The summed E-state index contributed by atoms with van der Waals surface area (Å²) in [6.07, 6.45) is 5.38. The third-order valence-corrected chi connectivity index (χ3v) is 4.93. The molecule has 0 atom stereocenters. The molecule has 0 N–H and O–H groups in total. The van der Waals surface area contributed by atoms with Gasteiger partial charge in [-0.3, -0.25) is 0 Å². The van der Waals surface area contributed by atoms with Gasteiger partial charge >= 0.3 is 0 Å². The smallest absolute Gasteiger partial charge is 0.119 e. The molecule has 23 heavy (non-hydrogen) atoms. The molecular weight excluding hydrogens is 284 g/mol. The minimum atomic E-state index is 0.588. The van der Waals surface area contributed by atoms with Crippen molar-refractivity contribution < 1.29 is 9.47 Å². The minimum absolute atomic E-state index is 0.588. The highest BCUT2D eigenvalue weighted by molar-refractivity contribution is 5.31. The van der Waals surface area contributed by atoms with Crippen LogP contribution in [0, 0.1) is 5.92 Å². The SMILES string of the molecule is COc1ccc(COc2ccc(C3CCC(C)CC3)cc2)cc1. The van der Waals surface area contributed by atoms with Gasteiger partial charge in [0.1, 0.15) is 18.1 Å². The highest BCUT2D eigenvalue weighted by atomic mass is 16.5. The molecule has 122 valence electrons. The first-order valence-electron chi connectivity index (χ1n) is 8.60. The average molecular weight is 310 g/mol. The van der Waals surface area contributed by atoms with E-state index in [2.05, 4.69) is 31.2 Å². The molecule has 0 saturated heterocycles. The molecule has 3 rings (SSSR count). The van der Waals surface area contributed by atoms with E-state index in [-0.39, 0.29) is 0 Å². The van der Waals surface area contributed by atoms with Crippen LogP contribution >= 0.6 is 0 Å². The molecule has 1 aliphatic rings. The topological polar surface area (TPSA) is 18.5 Å². The van der Waals surface area contributed by atoms with Crippen molar-refractivity contribution in [1.82, 2.24) is 0 Å². The van der Waals surface area contributed by atoms with Crippen molar-refractivity contribution in [3.05, 3.63) is 59.7 Å². The van der Waals surface area contributed by atoms with Crippen molar-refractivity contribution in [3.63, 3.8) is 0 Å². The molecule has 1 saturated carbocycles. The standard InChI is InChI=1S/C21H26O2/c1-16-3-7-18(8-4-16)19-9-13-21(14-10-19)23-15-17-5-11-20(22-2)12-6-17/h5-6,9-14,16,18H,3-4,7-8,15H2,1-2H3. The molecule has 0 heterocycles. The van der Waals surface area contributed by atoms with Crippen LogP contribution in [0.25, 0.3) is 0 Å². The fourth-order valence-corrected chi connectivity index (χ4v) is 3.32. The third kappa shape index (κ3) is 4.28. The Bertz CT molecular complexity index is 593. The van der Waals surface area contributed by atoms with Crippen LogP contribution in [0.1, 0.15) is 49.7 Å². The molecule has 0 bridgehead atoms. The van der Waals surface area contributed by atoms with Gasteiger partial charge in [0.15, 0.2) is 0 Å². The summed E-state index contributed by atoms with van der Waals surface area (Å²) < 4.78 is 11.1. The Morgan fingerprint density at radius 2 is 1.43 bits per heavy atom. The summed E-state index contributed by atoms with van der Waals surface area (Å²) in [4.78, 5) is 0. The van der Waals surface area contributed by atoms with E-state index >= 15 is 0 Å². The molecule has 0 radical (unpaired) electrons. The second-order valence-corrected chi connectivity index (χ2v) is 6.66. The van der Waals surface area contributed by atoms with E-state index < -0.39 is 0 Å². The van der Waals surface area contributed by atoms with Crippen molar-refractivity contribution in [3.8, 4) is 11.5 Å². The Morgan fingerprint density at radius 1 is 0.826 bits per heavy atom. The van der Waals surface area contributed by atoms with Crippen LogP contribution < -0.4 is 9.47 Å². The summed E-state index contributed by atoms with van der Waals surface area (Å²) in [5.74, 6) is 3.45. The summed E-state index contributed by atoms with van der Waals surface area (Å²) in [5, 5.41) is 0. The second-order valence-electron chi connectivity index (χ2n) is 6.66. The van der Waals surface area contributed by atoms with Gasteiger partial charge in [-0.15, -0.1) is 0 Å². The normalized spacial score (nSPS) is 21.0. The lowest BCUT2D eigenvalue weighted by atomic mass is 9.79. The number of ether oxygens (including phenoxy) is 2. The highest BCUT2D eigenvalue weighted by Crippen LogP contribution is 2.35. The number of methoxy groups -OCH3 is 1. The lowest BCUT2D eigenvalue weighted by Gasteiger charge is -2.26. The zero-order chi connectivity index (χ0) is 16.1. The first-order chi connectivity index (χ1) is 11.2. The number of hydrogen-bond acceptors (Lipinski definition) is 2. The van der Waals surface area contributed by atoms with Crippen molar-refractivity contribution in [1.29, 1.82) is 0 Å². The first kappa shape index (κ1) is 15.9. The largest absolute Gasteiger partial charge is 0.497 e. The summed E-state index contributed by atoms with van der Waals surface area (Å²) >= 11 is 0. The lowest BCUT2D eigenvalue weighted by molar-refractivity contribution is 0.305. The Labute approximate surface area is 139 Å². The molecule has 0 aliphatic heterocycles. The third-order valence-electron chi connectivity index (χ3n) is 4.93. The van der Waals surface area contributed by atoms with Crippen LogP contribution in [0.15, 0.2) is 48.5 Å². The zero-order valence-electron chi connectivity index (χ0n) is 14.1. The maximum atomic E-state index is 5.88. The molecule has 2 aromatic rings. The zero-order valence-corrected chi connectivity index (χ0v) is 14.1. The summed E-state index contributed by atoms with van der Waals surface area (Å²) in [6, 6.07) is 16.7. The fraction of sp³-hybridized carbons (Fsp3) is 0.429. The van der Waals surface area contributed by atoms with E-state index in [0.717, 1.165) is 28.9 Å². The van der Waals surface area contributed by atoms with Gasteiger partial charge in [0.25, 0.3) is 0 Å². The van der Waals surface area contributed by atoms with Gasteiger partial charge in [0, 0.05) is 0 Å². The number of hydrogen-bond donors (Lipinski definition) is 0. The molecule has 1 aliphatic carbocycles. The quantitative estimate of drug-likeness (QED) is 0.719. The van der Waals surface area contributed by atoms with Gasteiger partial charge in [-0.05, 0) is 60.1 Å². The van der Waals surface area contributed by atoms with Gasteiger partial charge in [-0.1, -0.05) is 44.0 Å². The van der Waals surface area contributed by atoms with Gasteiger partial charge in [0.05, 0.1) is 7.11 Å².